The van der Waals surface area contributed by atoms with Crippen LogP contribution in [0, 0.1) is 0 Å². The molecule has 1 aliphatic carbocycles. The van der Waals surface area contributed by atoms with Gasteiger partial charge in [-0.05, 0) is 36.6 Å². The molecule has 0 bridgehead atoms. The lowest BCUT2D eigenvalue weighted by molar-refractivity contribution is 0.295. The molecule has 2 nitrogen and oxygen atoms in total. The van der Waals surface area contributed by atoms with Gasteiger partial charge >= 0.3 is 0 Å². The molecule has 0 spiro atoms. The van der Waals surface area contributed by atoms with Gasteiger partial charge in [0.2, 0.25) is 0 Å². The lowest BCUT2D eigenvalue weighted by Gasteiger charge is -2.21. The Balaban J connectivity index is 2.12. The van der Waals surface area contributed by atoms with Crippen molar-refractivity contribution in [3.05, 3.63) is 41.2 Å². The van der Waals surface area contributed by atoms with Crippen LogP contribution in [0.1, 0.15) is 37.2 Å². The molecule has 0 saturated heterocycles. The van der Waals surface area contributed by atoms with Gasteiger partial charge in [-0.15, -0.1) is 0 Å². The molecule has 18 heavy (non-hydrogen) atoms. The van der Waals surface area contributed by atoms with Crippen molar-refractivity contribution >= 4 is 12.4 Å². The highest BCUT2D eigenvalue weighted by molar-refractivity contribution is 7.76. The molecule has 0 aromatic heterocycles. The van der Waals surface area contributed by atoms with Crippen molar-refractivity contribution in [1.29, 1.82) is 0 Å². The van der Waals surface area contributed by atoms with Gasteiger partial charge in [0.15, 0.2) is 0 Å². The second-order valence-corrected chi connectivity index (χ2v) is 8.14. The number of aliphatic hydroxyl groups excluding tert-OH is 1. The summed E-state index contributed by atoms with van der Waals surface area (Å²) in [6, 6.07) is 8.21. The molecule has 2 unspecified atom stereocenters. The lowest BCUT2D eigenvalue weighted by Crippen LogP contribution is -2.06. The molecule has 1 heterocycles. The van der Waals surface area contributed by atoms with Crippen molar-refractivity contribution in [2.75, 3.05) is 12.8 Å². The van der Waals surface area contributed by atoms with Crippen LogP contribution in [0.4, 0.5) is 0 Å². The molecule has 0 radical (unpaired) electrons. The molecule has 2 aliphatic rings. The summed E-state index contributed by atoms with van der Waals surface area (Å²) in [5, 5.41) is 11.3. The fourth-order valence-corrected chi connectivity index (χ4v) is 6.90. The Kier molecular flexibility index (Phi) is 3.17. The molecule has 1 aromatic rings. The third-order valence-corrected chi connectivity index (χ3v) is 7.62. The van der Waals surface area contributed by atoms with E-state index >= 15 is 0 Å². The highest BCUT2D eigenvalue weighted by Crippen LogP contribution is 2.66. The van der Waals surface area contributed by atoms with Crippen LogP contribution in [-0.4, -0.2) is 17.9 Å². The average molecular weight is 262 g/mol. The number of benzene rings is 1. The first kappa shape index (κ1) is 12.2. The summed E-state index contributed by atoms with van der Waals surface area (Å²) in [5.74, 6) is 0.388. The number of hydrogen-bond acceptors (Lipinski definition) is 2. The van der Waals surface area contributed by atoms with E-state index < -0.39 is 7.14 Å². The maximum atomic E-state index is 13.4. The molecule has 2 atom stereocenters. The molecule has 0 fully saturated rings. The van der Waals surface area contributed by atoms with Gasteiger partial charge in [0.1, 0.15) is 7.14 Å². The van der Waals surface area contributed by atoms with Gasteiger partial charge in [0.05, 0.1) is 0 Å². The van der Waals surface area contributed by atoms with E-state index in [1.165, 1.54) is 17.3 Å². The molecule has 3 heteroatoms. The number of aliphatic hydroxyl groups is 1. The first-order chi connectivity index (χ1) is 8.77. The number of fused-ring (bicyclic) bond motifs is 3. The third-order valence-electron chi connectivity index (χ3n) is 4.16. The largest absolute Gasteiger partial charge is 0.396 e. The SMILES string of the molecule is O=P1(CCCO)C2=CCCCC2c2ccccc21. The zero-order chi connectivity index (χ0) is 12.6. The summed E-state index contributed by atoms with van der Waals surface area (Å²) in [5.41, 5.74) is 1.28. The second-order valence-electron chi connectivity index (χ2n) is 5.21. The van der Waals surface area contributed by atoms with E-state index in [0.29, 0.717) is 18.5 Å². The molecule has 96 valence electrons. The van der Waals surface area contributed by atoms with Crippen LogP contribution in [0.5, 0.6) is 0 Å². The average Bonchev–Trinajstić information content (AvgIpc) is 2.69. The third kappa shape index (κ3) is 1.71. The van der Waals surface area contributed by atoms with Gasteiger partial charge in [0, 0.05) is 24.0 Å². The first-order valence-electron chi connectivity index (χ1n) is 6.77. The summed E-state index contributed by atoms with van der Waals surface area (Å²) in [4.78, 5) is 0. The Labute approximate surface area is 108 Å². The molecular formula is C15H19O2P. The molecule has 1 aromatic carbocycles. The predicted molar refractivity (Wildman–Crippen MR) is 74.9 cm³/mol. The smallest absolute Gasteiger partial charge is 0.140 e. The molecular weight excluding hydrogens is 243 g/mol. The Morgan fingerprint density at radius 3 is 3.00 bits per heavy atom. The summed E-state index contributed by atoms with van der Waals surface area (Å²) in [6.45, 7) is 0.129. The maximum absolute atomic E-state index is 13.4. The van der Waals surface area contributed by atoms with Crippen LogP contribution in [0.3, 0.4) is 0 Å². The van der Waals surface area contributed by atoms with Crippen LogP contribution < -0.4 is 5.30 Å². The van der Waals surface area contributed by atoms with Crippen molar-refractivity contribution in [3.63, 3.8) is 0 Å². The molecule has 0 saturated carbocycles. The Morgan fingerprint density at radius 2 is 2.17 bits per heavy atom. The van der Waals surface area contributed by atoms with E-state index in [4.69, 9.17) is 5.11 Å². The van der Waals surface area contributed by atoms with E-state index in [1.54, 1.807) is 0 Å². The zero-order valence-corrected chi connectivity index (χ0v) is 11.4. The topological polar surface area (TPSA) is 37.3 Å². The highest BCUT2D eigenvalue weighted by Gasteiger charge is 2.43. The molecule has 1 N–H and O–H groups in total. The van der Waals surface area contributed by atoms with E-state index in [0.717, 1.165) is 18.1 Å². The predicted octanol–water partition coefficient (Wildman–Crippen LogP) is 3.22. The lowest BCUT2D eigenvalue weighted by atomic mass is 9.89. The van der Waals surface area contributed by atoms with Crippen LogP contribution >= 0.6 is 7.14 Å². The summed E-state index contributed by atoms with van der Waals surface area (Å²) < 4.78 is 13.4. The minimum absolute atomic E-state index is 0.129. The maximum Gasteiger partial charge on any atom is 0.140 e. The standard InChI is InChI=1S/C15H19O2P/c16-10-5-11-18(17)14-8-3-1-6-12(14)13-7-2-4-9-15(13)18/h1,3,6,8-9,13,16H,2,4-5,7,10-11H2. The zero-order valence-electron chi connectivity index (χ0n) is 10.5. The fourth-order valence-electron chi connectivity index (χ4n) is 3.37. The van der Waals surface area contributed by atoms with Crippen LogP contribution in [0.2, 0.25) is 0 Å². The van der Waals surface area contributed by atoms with E-state index in [2.05, 4.69) is 12.1 Å². The highest BCUT2D eigenvalue weighted by atomic mass is 31.2. The Bertz CT molecular complexity index is 533. The van der Waals surface area contributed by atoms with Crippen LogP contribution in [0.25, 0.3) is 0 Å². The number of hydrogen-bond donors (Lipinski definition) is 1. The van der Waals surface area contributed by atoms with Crippen molar-refractivity contribution in [2.24, 2.45) is 0 Å². The van der Waals surface area contributed by atoms with Gasteiger partial charge in [-0.2, -0.15) is 0 Å². The number of rotatable bonds is 3. The minimum Gasteiger partial charge on any atom is -0.396 e. The molecule has 0 amide bonds. The van der Waals surface area contributed by atoms with E-state index in [9.17, 15) is 4.57 Å². The first-order valence-corrected chi connectivity index (χ1v) is 8.66. The number of allylic oxidation sites excluding steroid dienone is 2. The van der Waals surface area contributed by atoms with Gasteiger partial charge < -0.3 is 9.67 Å². The normalized spacial score (nSPS) is 29.6. The van der Waals surface area contributed by atoms with Crippen LogP contribution in [0.15, 0.2) is 35.7 Å². The summed E-state index contributed by atoms with van der Waals surface area (Å²) in [6.07, 6.45) is 6.86. The van der Waals surface area contributed by atoms with Gasteiger partial charge in [0.25, 0.3) is 0 Å². The Morgan fingerprint density at radius 1 is 1.33 bits per heavy atom. The monoisotopic (exact) mass is 262 g/mol. The van der Waals surface area contributed by atoms with Crippen molar-refractivity contribution < 1.29 is 9.67 Å². The van der Waals surface area contributed by atoms with Gasteiger partial charge in [-0.1, -0.05) is 30.3 Å². The molecule has 3 rings (SSSR count). The van der Waals surface area contributed by atoms with Gasteiger partial charge in [-0.3, -0.25) is 0 Å². The van der Waals surface area contributed by atoms with Crippen molar-refractivity contribution in [2.45, 2.75) is 31.6 Å². The quantitative estimate of drug-likeness (QED) is 0.849. The van der Waals surface area contributed by atoms with Crippen molar-refractivity contribution in [3.8, 4) is 0 Å². The fraction of sp³-hybridized carbons (Fsp3) is 0.467. The Hall–Kier alpha value is -0.850. The van der Waals surface area contributed by atoms with Crippen LogP contribution in [-0.2, 0) is 4.57 Å². The summed E-state index contributed by atoms with van der Waals surface area (Å²) in [7, 11) is -2.41. The van der Waals surface area contributed by atoms with E-state index in [1.807, 2.05) is 18.2 Å². The second kappa shape index (κ2) is 4.68. The van der Waals surface area contributed by atoms with Crippen molar-refractivity contribution in [1.82, 2.24) is 0 Å². The molecule has 1 aliphatic heterocycles. The van der Waals surface area contributed by atoms with Gasteiger partial charge in [-0.25, -0.2) is 0 Å². The summed E-state index contributed by atoms with van der Waals surface area (Å²) >= 11 is 0. The minimum atomic E-state index is -2.41. The van der Waals surface area contributed by atoms with E-state index in [-0.39, 0.29) is 6.61 Å².